The van der Waals surface area contributed by atoms with Crippen LogP contribution in [0.3, 0.4) is 0 Å². The quantitative estimate of drug-likeness (QED) is 0.325. The first-order valence-electron chi connectivity index (χ1n) is 10.4. The van der Waals surface area contributed by atoms with Crippen LogP contribution in [0.5, 0.6) is 0 Å². The van der Waals surface area contributed by atoms with Gasteiger partial charge in [0.05, 0.1) is 0 Å². The van der Waals surface area contributed by atoms with Crippen LogP contribution < -0.4 is 24.3 Å². The topological polar surface area (TPSA) is 66.2 Å². The van der Waals surface area contributed by atoms with Crippen molar-refractivity contribution in [1.29, 1.82) is 0 Å². The second-order valence-electron chi connectivity index (χ2n) is 6.86. The summed E-state index contributed by atoms with van der Waals surface area (Å²) >= 11 is 3.40. The Morgan fingerprint density at radius 3 is 1.62 bits per heavy atom. The fraction of sp³-hybridized carbons (Fsp3) is 0.148. The van der Waals surface area contributed by atoms with Gasteiger partial charge >= 0.3 is 26.0 Å². The predicted octanol–water partition coefficient (Wildman–Crippen LogP) is 3.20. The third kappa shape index (κ3) is 11.3. The van der Waals surface area contributed by atoms with E-state index in [1.54, 1.807) is 18.5 Å². The van der Waals surface area contributed by atoms with E-state index in [1.807, 2.05) is 54.7 Å². The molecule has 0 aliphatic carbocycles. The maximum atomic E-state index is 9.01. The number of pyridine rings is 2. The van der Waals surface area contributed by atoms with E-state index in [-0.39, 0.29) is 26.3 Å². The van der Waals surface area contributed by atoms with E-state index < -0.39 is 7.12 Å². The van der Waals surface area contributed by atoms with Gasteiger partial charge < -0.3 is 17.0 Å². The Morgan fingerprint density at radius 1 is 0.765 bits per heavy atom. The number of unbranched alkanes of at least 4 members (excludes halogenated alkanes) is 1. The van der Waals surface area contributed by atoms with Crippen molar-refractivity contribution in [1.82, 2.24) is 9.97 Å². The van der Waals surface area contributed by atoms with Crippen LogP contribution in [-0.4, -0.2) is 27.1 Å². The summed E-state index contributed by atoms with van der Waals surface area (Å²) in [5, 5.41) is 18.0. The summed E-state index contributed by atoms with van der Waals surface area (Å²) in [6.45, 7) is 5.72. The van der Waals surface area contributed by atoms with Crippen LogP contribution in [0.25, 0.3) is 22.3 Å². The van der Waals surface area contributed by atoms with Crippen molar-refractivity contribution < 1.29 is 28.9 Å². The average Bonchev–Trinajstić information content (AvgIpc) is 2.86. The van der Waals surface area contributed by atoms with Crippen molar-refractivity contribution >= 4 is 28.5 Å². The molecule has 4 aromatic rings. The van der Waals surface area contributed by atoms with Crippen molar-refractivity contribution in [3.05, 3.63) is 109 Å². The van der Waals surface area contributed by atoms with Gasteiger partial charge in [0.15, 0.2) is 0 Å². The van der Waals surface area contributed by atoms with Crippen LogP contribution in [0.1, 0.15) is 27.2 Å². The minimum Gasteiger partial charge on any atom is -0.423 e. The minimum absolute atomic E-state index is 0. The number of hydrogen-bond donors (Lipinski definition) is 2. The second kappa shape index (κ2) is 18.2. The van der Waals surface area contributed by atoms with Crippen molar-refractivity contribution in [2.75, 3.05) is 0 Å². The van der Waals surface area contributed by atoms with E-state index in [0.717, 1.165) is 27.6 Å². The number of aromatic nitrogens is 2. The number of hydrogen-bond acceptors (Lipinski definition) is 4. The Labute approximate surface area is 225 Å². The Morgan fingerprint density at radius 2 is 1.21 bits per heavy atom. The van der Waals surface area contributed by atoms with Crippen molar-refractivity contribution in [2.24, 2.45) is 0 Å². The van der Waals surface area contributed by atoms with Crippen molar-refractivity contribution in [2.45, 2.75) is 27.2 Å². The fourth-order valence-corrected chi connectivity index (χ4v) is 2.95. The summed E-state index contributed by atoms with van der Waals surface area (Å²) < 4.78 is 1.01. The molecule has 0 unspecified atom stereocenters. The van der Waals surface area contributed by atoms with Gasteiger partial charge in [0.2, 0.25) is 0 Å². The standard InChI is InChI=1S/C11H10BNO2.C11H8BrN.C4H9.CH4.Li/c14-12(15)11-6-10(7-13-8-11)9-4-2-1-3-5-9;12-11-6-10(7-13-8-11)9-4-2-1-3-5-9;1-3-4-2;;/h1-8,14-15H;1-8H;1,3-4H2,2H3;1H4;/q;;-1;;+1. The maximum absolute atomic E-state index is 9.01. The molecule has 0 spiro atoms. The molecule has 0 aliphatic heterocycles. The van der Waals surface area contributed by atoms with Crippen LogP contribution in [0.15, 0.2) is 102 Å². The summed E-state index contributed by atoms with van der Waals surface area (Å²) in [7, 11) is -1.47. The Balaban J connectivity index is 0.000000531. The summed E-state index contributed by atoms with van der Waals surface area (Å²) in [4.78, 5) is 8.08. The van der Waals surface area contributed by atoms with E-state index >= 15 is 0 Å². The molecule has 0 amide bonds. The molecule has 4 rings (SSSR count). The third-order valence-electron chi connectivity index (χ3n) is 4.33. The minimum atomic E-state index is -1.47. The van der Waals surface area contributed by atoms with Gasteiger partial charge in [-0.2, -0.15) is 6.42 Å². The monoisotopic (exact) mass is 512 g/mol. The van der Waals surface area contributed by atoms with Crippen molar-refractivity contribution in [3.63, 3.8) is 0 Å². The molecule has 0 saturated heterocycles. The Bertz CT molecular complexity index is 1050. The van der Waals surface area contributed by atoms with E-state index in [2.05, 4.69) is 57.9 Å². The van der Waals surface area contributed by atoms with Gasteiger partial charge in [-0.3, -0.25) is 9.97 Å². The maximum Gasteiger partial charge on any atom is 1.00 e. The zero-order valence-corrected chi connectivity index (χ0v) is 20.7. The van der Waals surface area contributed by atoms with Gasteiger partial charge in [-0.05, 0) is 38.7 Å². The van der Waals surface area contributed by atoms with Gasteiger partial charge in [-0.1, -0.05) is 87.5 Å². The molecule has 2 heterocycles. The molecule has 0 atom stereocenters. The molecule has 2 aromatic carbocycles. The van der Waals surface area contributed by atoms with Crippen LogP contribution in [0.4, 0.5) is 0 Å². The van der Waals surface area contributed by atoms with E-state index in [9.17, 15) is 0 Å². The molecule has 0 aliphatic rings. The SMILES string of the molecule is Brc1cncc(-c2ccccc2)c1.C.OB(O)c1cncc(-c2ccccc2)c1.[CH2-]CCC.[Li+]. The molecule has 0 radical (unpaired) electrons. The van der Waals surface area contributed by atoms with Gasteiger partial charge in [0, 0.05) is 40.3 Å². The summed E-state index contributed by atoms with van der Waals surface area (Å²) in [6.07, 6.45) is 9.06. The Kier molecular flexibility index (Phi) is 17.0. The Hall–Kier alpha value is -2.20. The first kappa shape index (κ1) is 31.8. The summed E-state index contributed by atoms with van der Waals surface area (Å²) in [5.74, 6) is 0. The molecule has 4 nitrogen and oxygen atoms in total. The zero-order chi connectivity index (χ0) is 23.2. The van der Waals surface area contributed by atoms with Gasteiger partial charge in [0.1, 0.15) is 0 Å². The van der Waals surface area contributed by atoms with E-state index in [1.165, 1.54) is 18.2 Å². The van der Waals surface area contributed by atoms with Gasteiger partial charge in [0.25, 0.3) is 0 Å². The second-order valence-corrected chi connectivity index (χ2v) is 7.77. The molecular formula is C27H31BBrLiN2O2. The molecule has 7 heteroatoms. The van der Waals surface area contributed by atoms with Gasteiger partial charge in [-0.25, -0.2) is 0 Å². The first-order valence-corrected chi connectivity index (χ1v) is 11.2. The molecule has 0 fully saturated rings. The zero-order valence-electron chi connectivity index (χ0n) is 19.1. The summed E-state index contributed by atoms with van der Waals surface area (Å²) in [5.41, 5.74) is 4.61. The molecule has 0 saturated carbocycles. The number of halogens is 1. The number of nitrogens with zero attached hydrogens (tertiary/aromatic N) is 2. The molecule has 0 bridgehead atoms. The van der Waals surface area contributed by atoms with Crippen LogP contribution >= 0.6 is 15.9 Å². The van der Waals surface area contributed by atoms with E-state index in [4.69, 9.17) is 10.0 Å². The molecule has 2 aromatic heterocycles. The van der Waals surface area contributed by atoms with Gasteiger partial charge in [-0.15, -0.1) is 0 Å². The van der Waals surface area contributed by atoms with E-state index in [0.29, 0.717) is 5.46 Å². The van der Waals surface area contributed by atoms with Crippen LogP contribution in [0.2, 0.25) is 0 Å². The first-order chi connectivity index (χ1) is 15.5. The third-order valence-corrected chi connectivity index (χ3v) is 4.76. The van der Waals surface area contributed by atoms with Crippen LogP contribution in [-0.2, 0) is 0 Å². The van der Waals surface area contributed by atoms with Crippen molar-refractivity contribution in [3.8, 4) is 22.3 Å². The van der Waals surface area contributed by atoms with Crippen LogP contribution in [0, 0.1) is 6.92 Å². The normalized spacial score (nSPS) is 9.09. The summed E-state index contributed by atoms with van der Waals surface area (Å²) in [6, 6.07) is 23.7. The molecular weight excluding hydrogens is 482 g/mol. The number of rotatable bonds is 4. The predicted molar refractivity (Wildman–Crippen MR) is 144 cm³/mol. The smallest absolute Gasteiger partial charge is 0.423 e. The molecule has 172 valence electrons. The molecule has 2 N–H and O–H groups in total. The largest absolute Gasteiger partial charge is 1.00 e. The molecule has 34 heavy (non-hydrogen) atoms. The fourth-order valence-electron chi connectivity index (χ4n) is 2.59. The average molecular weight is 513 g/mol. The number of benzene rings is 2.